The molecule has 0 atom stereocenters. The third-order valence-electron chi connectivity index (χ3n) is 1.16. The zero-order chi connectivity index (χ0) is 9.30. The Balaban J connectivity index is 3.42. The summed E-state index contributed by atoms with van der Waals surface area (Å²) >= 11 is 5.20. The van der Waals surface area contributed by atoms with Gasteiger partial charge >= 0.3 is 0 Å². The highest BCUT2D eigenvalue weighted by atomic mass is 35.5. The van der Waals surface area contributed by atoms with Gasteiger partial charge in [-0.05, 0) is 0 Å². The van der Waals surface area contributed by atoms with Gasteiger partial charge in [0.2, 0.25) is 11.8 Å². The molecule has 1 rings (SSSR count). The van der Waals surface area contributed by atoms with Gasteiger partial charge in [0.15, 0.2) is 5.75 Å². The second-order valence-corrected chi connectivity index (χ2v) is 2.23. The molecule has 0 N–H and O–H groups in total. The summed E-state index contributed by atoms with van der Waals surface area (Å²) in [7, 11) is 1.04. The summed E-state index contributed by atoms with van der Waals surface area (Å²) in [6, 6.07) is 0. The molecule has 0 aliphatic rings. The van der Waals surface area contributed by atoms with E-state index in [0.29, 0.717) is 0 Å². The number of ether oxygens (including phenoxy) is 1. The van der Waals surface area contributed by atoms with Crippen LogP contribution in [0.5, 0.6) is 5.75 Å². The van der Waals surface area contributed by atoms with Crippen LogP contribution >= 0.6 is 11.6 Å². The minimum absolute atomic E-state index is 0.670. The van der Waals surface area contributed by atoms with Crippen LogP contribution in [-0.2, 0) is 0 Å². The number of hydrogen-bond donors (Lipinski definition) is 0. The first kappa shape index (κ1) is 9.12. The summed E-state index contributed by atoms with van der Waals surface area (Å²) in [5.41, 5.74) is 0. The monoisotopic (exact) mass is 197 g/mol. The van der Waals surface area contributed by atoms with E-state index in [-0.39, 0.29) is 0 Å². The van der Waals surface area contributed by atoms with Crippen molar-refractivity contribution in [3.05, 3.63) is 22.7 Å². The van der Waals surface area contributed by atoms with Crippen LogP contribution in [0.15, 0.2) is 0 Å². The first-order chi connectivity index (χ1) is 5.57. The van der Waals surface area contributed by atoms with E-state index in [0.717, 1.165) is 7.11 Å². The number of hydrogen-bond acceptors (Lipinski definition) is 2. The maximum absolute atomic E-state index is 12.6. The molecule has 0 saturated carbocycles. The Morgan fingerprint density at radius 3 is 2.33 bits per heavy atom. The first-order valence-electron chi connectivity index (χ1n) is 2.82. The van der Waals surface area contributed by atoms with E-state index < -0.39 is 28.5 Å². The van der Waals surface area contributed by atoms with Gasteiger partial charge in [-0.1, -0.05) is 11.6 Å². The predicted molar refractivity (Wildman–Crippen MR) is 35.7 cm³/mol. The Labute approximate surface area is 70.9 Å². The van der Waals surface area contributed by atoms with E-state index in [1.54, 1.807) is 0 Å². The molecule has 1 aromatic rings. The van der Waals surface area contributed by atoms with Gasteiger partial charge < -0.3 is 4.74 Å². The summed E-state index contributed by atoms with van der Waals surface area (Å²) in [5.74, 6) is -4.95. The minimum atomic E-state index is -1.58. The van der Waals surface area contributed by atoms with Crippen molar-refractivity contribution < 1.29 is 17.9 Å². The Morgan fingerprint density at radius 1 is 1.25 bits per heavy atom. The van der Waals surface area contributed by atoms with Crippen molar-refractivity contribution in [2.24, 2.45) is 0 Å². The van der Waals surface area contributed by atoms with Crippen LogP contribution in [0.25, 0.3) is 0 Å². The van der Waals surface area contributed by atoms with Crippen LogP contribution < -0.4 is 4.74 Å². The molecule has 0 aliphatic carbocycles. The number of rotatable bonds is 1. The molecular weight excluding hydrogens is 195 g/mol. The van der Waals surface area contributed by atoms with E-state index in [1.807, 2.05) is 0 Å². The quantitative estimate of drug-likeness (QED) is 0.644. The lowest BCUT2D eigenvalue weighted by atomic mass is 10.4. The van der Waals surface area contributed by atoms with Gasteiger partial charge in [0.05, 0.1) is 7.11 Å². The lowest BCUT2D eigenvalue weighted by Crippen LogP contribution is -1.99. The smallest absolute Gasteiger partial charge is 0.255 e. The highest BCUT2D eigenvalue weighted by Crippen LogP contribution is 2.29. The van der Waals surface area contributed by atoms with E-state index in [4.69, 9.17) is 11.6 Å². The standard InChI is InChI=1S/C6H3ClF3NO/c1-12-4-2(7)5(9)11-6(10)3(4)8/h1H3. The van der Waals surface area contributed by atoms with E-state index in [9.17, 15) is 13.2 Å². The fourth-order valence-corrected chi connectivity index (χ4v) is 0.850. The first-order valence-corrected chi connectivity index (χ1v) is 3.19. The predicted octanol–water partition coefficient (Wildman–Crippen LogP) is 2.16. The SMILES string of the molecule is COc1c(F)c(F)nc(F)c1Cl. The van der Waals surface area contributed by atoms with Crippen molar-refractivity contribution >= 4 is 11.6 Å². The summed E-state index contributed by atoms with van der Waals surface area (Å²) in [5, 5.41) is -0.670. The molecule has 2 nitrogen and oxygen atoms in total. The van der Waals surface area contributed by atoms with Crippen LogP contribution in [0.2, 0.25) is 5.02 Å². The fourth-order valence-electron chi connectivity index (χ4n) is 0.647. The van der Waals surface area contributed by atoms with E-state index in [1.165, 1.54) is 0 Å². The molecule has 0 bridgehead atoms. The molecule has 0 aromatic carbocycles. The molecule has 0 spiro atoms. The molecule has 0 radical (unpaired) electrons. The summed E-state index contributed by atoms with van der Waals surface area (Å²) in [6.07, 6.45) is 0. The lowest BCUT2D eigenvalue weighted by molar-refractivity contribution is 0.354. The Morgan fingerprint density at radius 2 is 1.83 bits per heavy atom. The molecule has 6 heteroatoms. The van der Waals surface area contributed by atoms with Crippen LogP contribution in [0.1, 0.15) is 0 Å². The summed E-state index contributed by atoms with van der Waals surface area (Å²) in [4.78, 5) is 2.56. The van der Waals surface area contributed by atoms with Crippen LogP contribution in [0, 0.1) is 17.7 Å². The summed E-state index contributed by atoms with van der Waals surface area (Å²) < 4.78 is 41.8. The molecule has 0 aliphatic heterocycles. The number of pyridine rings is 1. The van der Waals surface area contributed by atoms with Crippen molar-refractivity contribution in [2.75, 3.05) is 7.11 Å². The molecule has 0 unspecified atom stereocenters. The topological polar surface area (TPSA) is 22.1 Å². The van der Waals surface area contributed by atoms with Gasteiger partial charge in [-0.3, -0.25) is 0 Å². The van der Waals surface area contributed by atoms with Gasteiger partial charge in [0.25, 0.3) is 5.95 Å². The average Bonchev–Trinajstić information content (AvgIpc) is 2.02. The highest BCUT2D eigenvalue weighted by Gasteiger charge is 2.19. The Bertz CT molecular complexity index is 292. The van der Waals surface area contributed by atoms with Crippen molar-refractivity contribution in [3.8, 4) is 5.75 Å². The molecular formula is C6H3ClF3NO. The van der Waals surface area contributed by atoms with Crippen molar-refractivity contribution in [1.82, 2.24) is 4.98 Å². The normalized spacial score (nSPS) is 10.1. The van der Waals surface area contributed by atoms with Gasteiger partial charge in [0, 0.05) is 0 Å². The second kappa shape index (κ2) is 3.18. The van der Waals surface area contributed by atoms with Crippen molar-refractivity contribution in [1.29, 1.82) is 0 Å². The Hall–Kier alpha value is -0.970. The van der Waals surface area contributed by atoms with Crippen LogP contribution in [0.4, 0.5) is 13.2 Å². The number of aromatic nitrogens is 1. The number of methoxy groups -OCH3 is 1. The highest BCUT2D eigenvalue weighted by molar-refractivity contribution is 6.32. The van der Waals surface area contributed by atoms with E-state index >= 15 is 0 Å². The van der Waals surface area contributed by atoms with Gasteiger partial charge in [0.1, 0.15) is 5.02 Å². The maximum atomic E-state index is 12.6. The minimum Gasteiger partial charge on any atom is -0.492 e. The van der Waals surface area contributed by atoms with Crippen LogP contribution in [0.3, 0.4) is 0 Å². The molecule has 1 heterocycles. The average molecular weight is 198 g/mol. The summed E-state index contributed by atoms with van der Waals surface area (Å²) in [6.45, 7) is 0. The molecule has 1 aromatic heterocycles. The number of halogens is 4. The van der Waals surface area contributed by atoms with E-state index in [2.05, 4.69) is 9.72 Å². The van der Waals surface area contributed by atoms with Crippen molar-refractivity contribution in [3.63, 3.8) is 0 Å². The zero-order valence-corrected chi connectivity index (χ0v) is 6.62. The largest absolute Gasteiger partial charge is 0.492 e. The second-order valence-electron chi connectivity index (χ2n) is 1.85. The Kier molecular flexibility index (Phi) is 2.42. The maximum Gasteiger partial charge on any atom is 0.255 e. The van der Waals surface area contributed by atoms with Gasteiger partial charge in [-0.25, -0.2) is 0 Å². The van der Waals surface area contributed by atoms with Gasteiger partial charge in [-0.15, -0.1) is 0 Å². The van der Waals surface area contributed by atoms with Crippen LogP contribution in [-0.4, -0.2) is 12.1 Å². The number of nitrogens with zero attached hydrogens (tertiary/aromatic N) is 1. The molecule has 0 fully saturated rings. The van der Waals surface area contributed by atoms with Crippen molar-refractivity contribution in [2.45, 2.75) is 0 Å². The molecule has 12 heavy (non-hydrogen) atoms. The fraction of sp³-hybridized carbons (Fsp3) is 0.167. The van der Waals surface area contributed by atoms with Gasteiger partial charge in [-0.2, -0.15) is 18.2 Å². The third kappa shape index (κ3) is 1.32. The third-order valence-corrected chi connectivity index (χ3v) is 1.49. The molecule has 66 valence electrons. The molecule has 0 amide bonds. The lowest BCUT2D eigenvalue weighted by Gasteiger charge is -2.03. The molecule has 0 saturated heterocycles. The zero-order valence-electron chi connectivity index (χ0n) is 5.87.